The molecule has 5 rings (SSSR count). The first-order chi connectivity index (χ1) is 14.6. The Balaban J connectivity index is 1.35. The summed E-state index contributed by atoms with van der Waals surface area (Å²) in [6.45, 7) is 7.19. The van der Waals surface area contributed by atoms with Gasteiger partial charge in [-0.3, -0.25) is 14.9 Å². The van der Waals surface area contributed by atoms with E-state index in [1.807, 2.05) is 0 Å². The van der Waals surface area contributed by atoms with Crippen molar-refractivity contribution < 1.29 is 19.8 Å². The molecule has 31 heavy (non-hydrogen) atoms. The fourth-order valence-corrected chi connectivity index (χ4v) is 10.2. The number of imide groups is 1. The number of hydrogen-bond acceptors (Lipinski definition) is 5. The van der Waals surface area contributed by atoms with Gasteiger partial charge in [-0.15, -0.1) is 0 Å². The number of nitrogens with one attached hydrogen (secondary N) is 1. The molecule has 11 atom stereocenters. The van der Waals surface area contributed by atoms with Crippen LogP contribution in [-0.2, 0) is 4.79 Å². The van der Waals surface area contributed by atoms with Gasteiger partial charge < -0.3 is 10.2 Å². The summed E-state index contributed by atoms with van der Waals surface area (Å²) in [6.07, 6.45) is 8.77. The number of amides is 2. The van der Waals surface area contributed by atoms with Crippen LogP contribution in [0, 0.1) is 46.3 Å². The minimum absolute atomic E-state index is 0.119. The highest BCUT2D eigenvalue weighted by molar-refractivity contribution is 8.15. The van der Waals surface area contributed by atoms with Crippen LogP contribution in [0.2, 0.25) is 0 Å². The average molecular weight is 450 g/mol. The molecule has 4 saturated carbocycles. The third-order valence-electron chi connectivity index (χ3n) is 10.8. The van der Waals surface area contributed by atoms with Gasteiger partial charge in [0.25, 0.3) is 5.24 Å². The molecule has 1 saturated heterocycles. The van der Waals surface area contributed by atoms with Crippen molar-refractivity contribution >= 4 is 22.9 Å². The zero-order chi connectivity index (χ0) is 22.1. The first-order valence-electron chi connectivity index (χ1n) is 12.5. The van der Waals surface area contributed by atoms with Crippen molar-refractivity contribution in [2.24, 2.45) is 46.3 Å². The van der Waals surface area contributed by atoms with Crippen LogP contribution in [0.3, 0.4) is 0 Å². The summed E-state index contributed by atoms with van der Waals surface area (Å²) >= 11 is 1.16. The van der Waals surface area contributed by atoms with Gasteiger partial charge in [-0.05, 0) is 104 Å². The van der Waals surface area contributed by atoms with Crippen molar-refractivity contribution in [2.75, 3.05) is 0 Å². The smallest absolute Gasteiger partial charge is 0.286 e. The molecule has 5 aliphatic rings. The minimum atomic E-state index is -0.249. The van der Waals surface area contributed by atoms with Crippen molar-refractivity contribution in [3.63, 3.8) is 0 Å². The molecule has 0 spiro atoms. The summed E-state index contributed by atoms with van der Waals surface area (Å²) in [5.74, 6) is 2.76. The fourth-order valence-electron chi connectivity index (χ4n) is 9.23. The van der Waals surface area contributed by atoms with Crippen molar-refractivity contribution in [3.05, 3.63) is 0 Å². The highest BCUT2D eigenvalue weighted by atomic mass is 32.2. The zero-order valence-corrected chi connectivity index (χ0v) is 20.0. The molecule has 5 fully saturated rings. The second-order valence-corrected chi connectivity index (χ2v) is 13.2. The predicted molar refractivity (Wildman–Crippen MR) is 121 cm³/mol. The minimum Gasteiger partial charge on any atom is -0.393 e. The van der Waals surface area contributed by atoms with E-state index in [2.05, 4.69) is 26.1 Å². The van der Waals surface area contributed by atoms with Gasteiger partial charge in [0, 0.05) is 0 Å². The van der Waals surface area contributed by atoms with Gasteiger partial charge in [0.05, 0.1) is 17.5 Å². The van der Waals surface area contributed by atoms with Crippen LogP contribution in [-0.4, -0.2) is 38.8 Å². The molecule has 0 aromatic rings. The molecule has 3 N–H and O–H groups in total. The van der Waals surface area contributed by atoms with Crippen LogP contribution in [0.15, 0.2) is 0 Å². The van der Waals surface area contributed by atoms with Crippen molar-refractivity contribution in [1.29, 1.82) is 0 Å². The summed E-state index contributed by atoms with van der Waals surface area (Å²) in [7, 11) is 0. The quantitative estimate of drug-likeness (QED) is 0.596. The van der Waals surface area contributed by atoms with E-state index in [4.69, 9.17) is 0 Å². The maximum atomic E-state index is 12.1. The average Bonchev–Trinajstić information content (AvgIpc) is 3.21. The largest absolute Gasteiger partial charge is 0.393 e. The van der Waals surface area contributed by atoms with E-state index >= 15 is 0 Å². The molecule has 174 valence electrons. The Labute approximate surface area is 190 Å². The van der Waals surface area contributed by atoms with Gasteiger partial charge in [-0.25, -0.2) is 0 Å². The monoisotopic (exact) mass is 449 g/mol. The van der Waals surface area contributed by atoms with Crippen LogP contribution < -0.4 is 5.32 Å². The number of rotatable bonds is 3. The molecule has 2 amide bonds. The molecule has 0 aromatic carbocycles. The van der Waals surface area contributed by atoms with Crippen LogP contribution in [0.1, 0.15) is 78.6 Å². The lowest BCUT2D eigenvalue weighted by Crippen LogP contribution is -2.58. The van der Waals surface area contributed by atoms with Gasteiger partial charge in [0.2, 0.25) is 5.91 Å². The van der Waals surface area contributed by atoms with Crippen LogP contribution in [0.25, 0.3) is 0 Å². The molecule has 1 heterocycles. The number of fused-ring (bicyclic) bond motifs is 5. The summed E-state index contributed by atoms with van der Waals surface area (Å²) in [6, 6.07) is 0. The van der Waals surface area contributed by atoms with E-state index in [-0.39, 0.29) is 39.4 Å². The van der Waals surface area contributed by atoms with Crippen LogP contribution in [0.4, 0.5) is 4.79 Å². The Morgan fingerprint density at radius 3 is 2.45 bits per heavy atom. The van der Waals surface area contributed by atoms with Gasteiger partial charge in [0.1, 0.15) is 0 Å². The molecular weight excluding hydrogens is 410 g/mol. The topological polar surface area (TPSA) is 86.6 Å². The Morgan fingerprint density at radius 1 is 1.03 bits per heavy atom. The Hall–Kier alpha value is -0.590. The molecular formula is C25H39NO4S. The Bertz CT molecular complexity index is 760. The normalized spacial score (nSPS) is 52.8. The molecule has 4 aliphatic carbocycles. The number of thioether (sulfide) groups is 1. The molecule has 5 nitrogen and oxygen atoms in total. The number of carbonyl (C=O) groups excluding carboxylic acids is 2. The third kappa shape index (κ3) is 3.42. The van der Waals surface area contributed by atoms with E-state index in [9.17, 15) is 19.8 Å². The van der Waals surface area contributed by atoms with E-state index in [0.717, 1.165) is 43.9 Å². The van der Waals surface area contributed by atoms with Gasteiger partial charge in [-0.2, -0.15) is 0 Å². The lowest BCUT2D eigenvalue weighted by molar-refractivity contribution is -0.174. The van der Waals surface area contributed by atoms with E-state index in [1.165, 1.54) is 25.7 Å². The number of hydrogen-bond donors (Lipinski definition) is 3. The maximum absolute atomic E-state index is 12.1. The van der Waals surface area contributed by atoms with E-state index in [0.29, 0.717) is 35.5 Å². The lowest BCUT2D eigenvalue weighted by Gasteiger charge is -2.62. The van der Waals surface area contributed by atoms with Crippen molar-refractivity contribution in [1.82, 2.24) is 5.32 Å². The first-order valence-corrected chi connectivity index (χ1v) is 13.4. The molecule has 0 bridgehead atoms. The SMILES string of the molecule is C[C@H](CC1SC(=O)NC1=O)C1CCC2C3C(CC[C@@]21C)C1(C)CC[C@@H](O)CC1C[C@H]3O. The van der Waals surface area contributed by atoms with Crippen molar-refractivity contribution in [3.8, 4) is 0 Å². The summed E-state index contributed by atoms with van der Waals surface area (Å²) < 4.78 is 0. The van der Waals surface area contributed by atoms with E-state index in [1.54, 1.807) is 0 Å². The molecule has 0 aromatic heterocycles. The summed E-state index contributed by atoms with van der Waals surface area (Å²) in [4.78, 5) is 23.7. The van der Waals surface area contributed by atoms with Crippen LogP contribution >= 0.6 is 11.8 Å². The summed E-state index contributed by atoms with van der Waals surface area (Å²) in [5, 5.41) is 23.6. The van der Waals surface area contributed by atoms with Gasteiger partial charge in [-0.1, -0.05) is 32.5 Å². The van der Waals surface area contributed by atoms with E-state index < -0.39 is 0 Å². The third-order valence-corrected chi connectivity index (χ3v) is 11.8. The Morgan fingerprint density at radius 2 is 1.74 bits per heavy atom. The number of aliphatic hydroxyl groups excluding tert-OH is 2. The van der Waals surface area contributed by atoms with Gasteiger partial charge in [0.15, 0.2) is 0 Å². The van der Waals surface area contributed by atoms with Gasteiger partial charge >= 0.3 is 0 Å². The highest BCUT2D eigenvalue weighted by Crippen LogP contribution is 2.68. The molecule has 1 aliphatic heterocycles. The Kier molecular flexibility index (Phi) is 5.54. The first kappa shape index (κ1) is 22.2. The second-order valence-electron chi connectivity index (χ2n) is 12.0. The highest BCUT2D eigenvalue weighted by Gasteiger charge is 2.63. The number of aliphatic hydroxyl groups is 2. The second kappa shape index (κ2) is 7.73. The maximum Gasteiger partial charge on any atom is 0.286 e. The predicted octanol–water partition coefficient (Wildman–Crippen LogP) is 4.35. The molecule has 7 unspecified atom stereocenters. The zero-order valence-electron chi connectivity index (χ0n) is 19.2. The molecule has 6 heteroatoms. The number of carbonyl (C=O) groups is 2. The molecule has 0 radical (unpaired) electrons. The standard InChI is InChI=1S/C25H39NO4S/c1-13(10-20-22(29)26-23(30)31-20)16-4-5-17-21-18(7-9-25(16,17)3)24(2)8-6-15(27)11-14(24)12-19(21)28/h13-21,27-28H,4-12H2,1-3H3,(H,26,29,30)/t13-,14?,15-,16?,17?,18?,19-,20?,21?,24?,25-/m1/s1. The van der Waals surface area contributed by atoms with Crippen molar-refractivity contribution in [2.45, 2.75) is 96.0 Å². The van der Waals surface area contributed by atoms with Crippen LogP contribution in [0.5, 0.6) is 0 Å². The fraction of sp³-hybridized carbons (Fsp3) is 0.920. The summed E-state index contributed by atoms with van der Waals surface area (Å²) in [5.41, 5.74) is 0.468. The lowest BCUT2D eigenvalue weighted by atomic mass is 9.43.